The minimum absolute atomic E-state index is 0.657. The Morgan fingerprint density at radius 3 is 2.88 bits per heavy atom. The third-order valence-corrected chi connectivity index (χ3v) is 4.16. The summed E-state index contributed by atoms with van der Waals surface area (Å²) in [5.74, 6) is 0.657. The first-order valence-electron chi connectivity index (χ1n) is 6.02. The molecular weight excluding hydrogens is 232 g/mol. The second-order valence-corrected chi connectivity index (χ2v) is 5.47. The molecule has 0 radical (unpaired) electrons. The number of piperidine rings is 1. The maximum atomic E-state index is 4.34. The van der Waals surface area contributed by atoms with Crippen LogP contribution in [-0.4, -0.2) is 33.2 Å². The summed E-state index contributed by atoms with van der Waals surface area (Å²) in [5, 5.41) is 10.4. The Morgan fingerprint density at radius 1 is 1.35 bits per heavy atom. The normalized spacial score (nSPS) is 18.6. The van der Waals surface area contributed by atoms with Gasteiger partial charge in [-0.05, 0) is 32.0 Å². The second kappa shape index (κ2) is 4.98. The summed E-state index contributed by atoms with van der Waals surface area (Å²) in [4.78, 5) is 6.83. The molecule has 0 saturated carbocycles. The number of hydrogen-bond acceptors (Lipinski definition) is 4. The molecule has 4 nitrogen and oxygen atoms in total. The Kier molecular flexibility index (Phi) is 3.20. The van der Waals surface area contributed by atoms with Gasteiger partial charge in [0.05, 0.1) is 6.54 Å². The zero-order chi connectivity index (χ0) is 11.5. The summed E-state index contributed by atoms with van der Waals surface area (Å²) >= 11 is 1.75. The Bertz CT molecular complexity index is 429. The van der Waals surface area contributed by atoms with Gasteiger partial charge in [-0.25, -0.2) is 4.98 Å². The summed E-state index contributed by atoms with van der Waals surface area (Å²) in [6.45, 7) is 3.32. The van der Waals surface area contributed by atoms with E-state index in [9.17, 15) is 0 Å². The first-order chi connectivity index (χ1) is 8.42. The summed E-state index contributed by atoms with van der Waals surface area (Å²) in [5.41, 5.74) is 1.29. The van der Waals surface area contributed by atoms with Crippen molar-refractivity contribution in [3.05, 3.63) is 34.5 Å². The largest absolute Gasteiger partial charge is 0.297 e. The van der Waals surface area contributed by atoms with E-state index >= 15 is 0 Å². The van der Waals surface area contributed by atoms with Gasteiger partial charge < -0.3 is 0 Å². The Balaban J connectivity index is 1.54. The van der Waals surface area contributed by atoms with Gasteiger partial charge >= 0.3 is 0 Å². The van der Waals surface area contributed by atoms with Gasteiger partial charge in [0.25, 0.3) is 0 Å². The summed E-state index contributed by atoms with van der Waals surface area (Å²) in [6, 6.07) is 2.10. The van der Waals surface area contributed by atoms with Crippen molar-refractivity contribution in [3.8, 4) is 0 Å². The van der Waals surface area contributed by atoms with Crippen LogP contribution in [0.4, 0.5) is 0 Å². The molecule has 0 spiro atoms. The minimum Gasteiger partial charge on any atom is -0.297 e. The first-order valence-corrected chi connectivity index (χ1v) is 6.90. The highest BCUT2D eigenvalue weighted by molar-refractivity contribution is 7.09. The molecular formula is C12H16N4S. The number of likely N-dealkylation sites (tertiary alicyclic amines) is 1. The van der Waals surface area contributed by atoms with E-state index in [1.165, 1.54) is 23.5 Å². The molecule has 1 saturated heterocycles. The number of nitrogens with one attached hydrogen (secondary N) is 1. The number of aromatic amines is 1. The molecule has 1 N–H and O–H groups in total. The van der Waals surface area contributed by atoms with Crippen LogP contribution in [0.3, 0.4) is 0 Å². The van der Waals surface area contributed by atoms with Crippen molar-refractivity contribution < 1.29 is 0 Å². The number of thiazole rings is 1. The van der Waals surface area contributed by atoms with E-state index in [1.54, 1.807) is 11.3 Å². The van der Waals surface area contributed by atoms with Crippen LogP contribution >= 0.6 is 11.3 Å². The van der Waals surface area contributed by atoms with Gasteiger partial charge in [0.1, 0.15) is 5.01 Å². The third kappa shape index (κ3) is 2.56. The highest BCUT2D eigenvalue weighted by Crippen LogP contribution is 2.27. The highest BCUT2D eigenvalue weighted by atomic mass is 32.1. The van der Waals surface area contributed by atoms with Gasteiger partial charge in [0.2, 0.25) is 0 Å². The van der Waals surface area contributed by atoms with E-state index in [4.69, 9.17) is 0 Å². The molecule has 0 atom stereocenters. The molecule has 0 aliphatic carbocycles. The van der Waals surface area contributed by atoms with Gasteiger partial charge in [-0.1, -0.05) is 0 Å². The molecule has 1 aliphatic rings. The monoisotopic (exact) mass is 248 g/mol. The van der Waals surface area contributed by atoms with Crippen molar-refractivity contribution in [1.29, 1.82) is 0 Å². The first kappa shape index (κ1) is 10.9. The Hall–Kier alpha value is -1.20. The number of hydrogen-bond donors (Lipinski definition) is 1. The molecule has 0 bridgehead atoms. The minimum atomic E-state index is 0.657. The molecule has 1 fully saturated rings. The van der Waals surface area contributed by atoms with Crippen LogP contribution in [0.2, 0.25) is 0 Å². The van der Waals surface area contributed by atoms with Crippen molar-refractivity contribution in [2.45, 2.75) is 25.3 Å². The Labute approximate surface area is 105 Å². The van der Waals surface area contributed by atoms with Crippen molar-refractivity contribution in [1.82, 2.24) is 20.1 Å². The lowest BCUT2D eigenvalue weighted by molar-refractivity contribution is 0.203. The summed E-state index contributed by atoms with van der Waals surface area (Å²) in [7, 11) is 0. The average Bonchev–Trinajstić information content (AvgIpc) is 3.01. The van der Waals surface area contributed by atoms with Gasteiger partial charge in [-0.3, -0.25) is 10.00 Å². The van der Waals surface area contributed by atoms with E-state index in [1.807, 2.05) is 17.8 Å². The van der Waals surface area contributed by atoms with Crippen LogP contribution in [0.25, 0.3) is 0 Å². The predicted molar refractivity (Wildman–Crippen MR) is 68.0 cm³/mol. The van der Waals surface area contributed by atoms with E-state index in [0.29, 0.717) is 5.92 Å². The predicted octanol–water partition coefficient (Wildman–Crippen LogP) is 2.25. The van der Waals surface area contributed by atoms with Gasteiger partial charge in [-0.2, -0.15) is 5.10 Å². The third-order valence-electron chi connectivity index (χ3n) is 3.39. The smallest absolute Gasteiger partial charge is 0.107 e. The standard InChI is InChI=1S/C12H16N4S/c1-4-14-15-11(1)10-2-6-16(7-3-10)9-12-13-5-8-17-12/h1,4-5,8,10H,2-3,6-7,9H2,(H,14,15). The quantitative estimate of drug-likeness (QED) is 0.906. The van der Waals surface area contributed by atoms with E-state index < -0.39 is 0 Å². The molecule has 0 unspecified atom stereocenters. The molecule has 2 aromatic rings. The van der Waals surface area contributed by atoms with Crippen LogP contribution in [0.15, 0.2) is 23.8 Å². The molecule has 17 heavy (non-hydrogen) atoms. The topological polar surface area (TPSA) is 44.8 Å². The molecule has 90 valence electrons. The van der Waals surface area contributed by atoms with Crippen molar-refractivity contribution in [3.63, 3.8) is 0 Å². The van der Waals surface area contributed by atoms with E-state index in [2.05, 4.69) is 26.1 Å². The second-order valence-electron chi connectivity index (χ2n) is 4.49. The zero-order valence-electron chi connectivity index (χ0n) is 9.67. The van der Waals surface area contributed by atoms with E-state index in [-0.39, 0.29) is 0 Å². The van der Waals surface area contributed by atoms with E-state index in [0.717, 1.165) is 19.6 Å². The SMILES string of the molecule is c1cc(C2CCN(Cc3nccs3)CC2)[nH]n1. The lowest BCUT2D eigenvalue weighted by Gasteiger charge is -2.30. The molecule has 3 rings (SSSR count). The van der Waals surface area contributed by atoms with Crippen molar-refractivity contribution >= 4 is 11.3 Å². The van der Waals surface area contributed by atoms with Crippen LogP contribution < -0.4 is 0 Å². The van der Waals surface area contributed by atoms with Crippen molar-refractivity contribution in [2.75, 3.05) is 13.1 Å². The van der Waals surface area contributed by atoms with Crippen LogP contribution in [0.1, 0.15) is 29.5 Å². The summed E-state index contributed by atoms with van der Waals surface area (Å²) < 4.78 is 0. The van der Waals surface area contributed by atoms with Gasteiger partial charge in [-0.15, -0.1) is 11.3 Å². The lowest BCUT2D eigenvalue weighted by Crippen LogP contribution is -2.32. The number of aromatic nitrogens is 3. The maximum absolute atomic E-state index is 4.34. The van der Waals surface area contributed by atoms with Crippen molar-refractivity contribution in [2.24, 2.45) is 0 Å². The number of rotatable bonds is 3. The highest BCUT2D eigenvalue weighted by Gasteiger charge is 2.21. The molecule has 3 heterocycles. The Morgan fingerprint density at radius 2 is 2.24 bits per heavy atom. The van der Waals surface area contributed by atoms with Crippen LogP contribution in [0, 0.1) is 0 Å². The molecule has 0 amide bonds. The zero-order valence-corrected chi connectivity index (χ0v) is 10.5. The van der Waals surface area contributed by atoms with Crippen LogP contribution in [0.5, 0.6) is 0 Å². The summed E-state index contributed by atoms with van der Waals surface area (Å²) in [6.07, 6.45) is 6.16. The molecule has 1 aliphatic heterocycles. The fraction of sp³-hybridized carbons (Fsp3) is 0.500. The molecule has 2 aromatic heterocycles. The maximum Gasteiger partial charge on any atom is 0.107 e. The molecule has 5 heteroatoms. The van der Waals surface area contributed by atoms with Crippen LogP contribution in [-0.2, 0) is 6.54 Å². The number of nitrogens with zero attached hydrogens (tertiary/aromatic N) is 3. The fourth-order valence-corrected chi connectivity index (χ4v) is 3.08. The van der Waals surface area contributed by atoms with Gasteiger partial charge in [0.15, 0.2) is 0 Å². The number of H-pyrrole nitrogens is 1. The fourth-order valence-electron chi connectivity index (χ4n) is 2.42. The average molecular weight is 248 g/mol. The molecule has 0 aromatic carbocycles. The lowest BCUT2D eigenvalue weighted by atomic mass is 9.94. The van der Waals surface area contributed by atoms with Gasteiger partial charge in [0, 0.05) is 29.4 Å².